The van der Waals surface area contributed by atoms with E-state index in [2.05, 4.69) is 6.07 Å². The molecule has 0 aliphatic rings. The van der Waals surface area contributed by atoms with Crippen LogP contribution < -0.4 is 0 Å². The normalized spacial score (nSPS) is 10.4. The van der Waals surface area contributed by atoms with Gasteiger partial charge in [-0.2, -0.15) is 5.26 Å². The van der Waals surface area contributed by atoms with Gasteiger partial charge >= 0.3 is 0 Å². The van der Waals surface area contributed by atoms with Crippen LogP contribution in [-0.2, 0) is 6.42 Å². The molecule has 0 saturated heterocycles. The summed E-state index contributed by atoms with van der Waals surface area (Å²) in [6.45, 7) is 0. The van der Waals surface area contributed by atoms with E-state index in [9.17, 15) is 0 Å². The molecule has 0 N–H and O–H groups in total. The lowest BCUT2D eigenvalue weighted by Crippen LogP contribution is -1.89. The number of rotatable bonds is 4. The van der Waals surface area contributed by atoms with Crippen LogP contribution in [-0.4, -0.2) is 4.98 Å². The van der Waals surface area contributed by atoms with Crippen LogP contribution in [0.3, 0.4) is 0 Å². The van der Waals surface area contributed by atoms with Gasteiger partial charge in [0.1, 0.15) is 5.69 Å². The zero-order valence-electron chi connectivity index (χ0n) is 14.1. The number of aromatic nitrogens is 1. The second-order valence-corrected chi connectivity index (χ2v) is 6.00. The Morgan fingerprint density at radius 2 is 1.38 bits per heavy atom. The minimum absolute atomic E-state index is 0.582. The van der Waals surface area contributed by atoms with Crippen molar-refractivity contribution >= 4 is 0 Å². The molecule has 3 aromatic carbocycles. The molecule has 3 nitrogen and oxygen atoms in total. The Morgan fingerprint density at radius 3 is 2.00 bits per heavy atom. The minimum atomic E-state index is 0.582. The Balaban J connectivity index is 1.74. The van der Waals surface area contributed by atoms with Gasteiger partial charge in [-0.25, -0.2) is 4.98 Å². The molecule has 124 valence electrons. The van der Waals surface area contributed by atoms with Gasteiger partial charge < -0.3 is 4.42 Å². The number of oxazole rings is 1. The van der Waals surface area contributed by atoms with Gasteiger partial charge in [0.15, 0.2) is 11.7 Å². The summed E-state index contributed by atoms with van der Waals surface area (Å²) in [5, 5.41) is 8.93. The summed E-state index contributed by atoms with van der Waals surface area (Å²) in [7, 11) is 0. The highest BCUT2D eigenvalue weighted by Gasteiger charge is 2.16. The molecular weight excluding hydrogens is 320 g/mol. The van der Waals surface area contributed by atoms with Crippen molar-refractivity contribution in [3.63, 3.8) is 0 Å². The highest BCUT2D eigenvalue weighted by atomic mass is 16.4. The maximum Gasteiger partial charge on any atom is 0.199 e. The molecular formula is C23H16N2O. The fraction of sp³-hybridized carbons (Fsp3) is 0.0435. The van der Waals surface area contributed by atoms with Gasteiger partial charge in [-0.3, -0.25) is 0 Å². The van der Waals surface area contributed by atoms with Crippen LogP contribution >= 0.6 is 0 Å². The van der Waals surface area contributed by atoms with Crippen LogP contribution in [0, 0.1) is 11.3 Å². The first-order valence-electron chi connectivity index (χ1n) is 8.43. The molecule has 1 aromatic heterocycles. The number of nitrogens with zero attached hydrogens (tertiary/aromatic N) is 2. The van der Waals surface area contributed by atoms with E-state index in [0.717, 1.165) is 28.1 Å². The Labute approximate surface area is 152 Å². The highest BCUT2D eigenvalue weighted by molar-refractivity contribution is 5.76. The molecule has 0 atom stereocenters. The van der Waals surface area contributed by atoms with Crippen molar-refractivity contribution in [3.05, 3.63) is 102 Å². The highest BCUT2D eigenvalue weighted by Crippen LogP contribution is 2.33. The maximum atomic E-state index is 8.93. The van der Waals surface area contributed by atoms with E-state index < -0.39 is 0 Å². The third kappa shape index (κ3) is 3.26. The van der Waals surface area contributed by atoms with Crippen LogP contribution in [0.2, 0.25) is 0 Å². The second-order valence-electron chi connectivity index (χ2n) is 6.00. The summed E-state index contributed by atoms with van der Waals surface area (Å²) >= 11 is 0. The van der Waals surface area contributed by atoms with Crippen molar-refractivity contribution < 1.29 is 4.42 Å². The third-order valence-electron chi connectivity index (χ3n) is 4.19. The first-order chi connectivity index (χ1) is 12.8. The number of benzene rings is 3. The Morgan fingerprint density at radius 1 is 0.769 bits per heavy atom. The molecule has 0 saturated carbocycles. The van der Waals surface area contributed by atoms with Gasteiger partial charge in [0, 0.05) is 17.5 Å². The summed E-state index contributed by atoms with van der Waals surface area (Å²) in [5.41, 5.74) is 4.59. The van der Waals surface area contributed by atoms with E-state index in [-0.39, 0.29) is 0 Å². The van der Waals surface area contributed by atoms with Crippen molar-refractivity contribution in [2.75, 3.05) is 0 Å². The second kappa shape index (κ2) is 7.08. The summed E-state index contributed by atoms with van der Waals surface area (Å²) < 4.78 is 6.14. The average molecular weight is 336 g/mol. The van der Waals surface area contributed by atoms with E-state index in [1.807, 2.05) is 84.9 Å². The first-order valence-corrected chi connectivity index (χ1v) is 8.43. The molecule has 1 heterocycles. The molecule has 0 spiro atoms. The largest absolute Gasteiger partial charge is 0.440 e. The van der Waals surface area contributed by atoms with Crippen molar-refractivity contribution in [2.24, 2.45) is 0 Å². The maximum absolute atomic E-state index is 8.93. The molecule has 0 radical (unpaired) electrons. The Kier molecular flexibility index (Phi) is 4.32. The molecule has 4 rings (SSSR count). The van der Waals surface area contributed by atoms with Gasteiger partial charge in [0.05, 0.1) is 11.6 Å². The zero-order chi connectivity index (χ0) is 17.8. The monoisotopic (exact) mass is 336 g/mol. The molecule has 4 aromatic rings. The van der Waals surface area contributed by atoms with Crippen LogP contribution in [0.5, 0.6) is 0 Å². The third-order valence-corrected chi connectivity index (χ3v) is 4.19. The standard InChI is InChI=1S/C23H16N2O/c24-16-18-13-11-17(12-14-18)15-21-25-22(19-7-3-1-4-8-19)23(26-21)20-9-5-2-6-10-20/h1-14H,15H2. The van der Waals surface area contributed by atoms with Crippen LogP contribution in [0.1, 0.15) is 17.0 Å². The molecule has 0 unspecified atom stereocenters. The van der Waals surface area contributed by atoms with Gasteiger partial charge in [0.25, 0.3) is 0 Å². The fourth-order valence-corrected chi connectivity index (χ4v) is 2.89. The summed E-state index contributed by atoms with van der Waals surface area (Å²) in [5.74, 6) is 1.44. The summed E-state index contributed by atoms with van der Waals surface area (Å²) in [4.78, 5) is 4.76. The van der Waals surface area contributed by atoms with Crippen LogP contribution in [0.4, 0.5) is 0 Å². The topological polar surface area (TPSA) is 49.8 Å². The van der Waals surface area contributed by atoms with Gasteiger partial charge in [-0.1, -0.05) is 72.8 Å². The van der Waals surface area contributed by atoms with Crippen molar-refractivity contribution in [1.82, 2.24) is 4.98 Å². The predicted octanol–water partition coefficient (Wildman–Crippen LogP) is 5.47. The number of nitriles is 1. The smallest absolute Gasteiger partial charge is 0.199 e. The molecule has 26 heavy (non-hydrogen) atoms. The molecule has 0 bridgehead atoms. The summed E-state index contributed by atoms with van der Waals surface area (Å²) in [6.07, 6.45) is 0.582. The molecule has 3 heteroatoms. The fourth-order valence-electron chi connectivity index (χ4n) is 2.89. The van der Waals surface area contributed by atoms with Crippen molar-refractivity contribution in [2.45, 2.75) is 6.42 Å². The Hall–Kier alpha value is -3.64. The van der Waals surface area contributed by atoms with Crippen molar-refractivity contribution in [3.8, 4) is 28.7 Å². The predicted molar refractivity (Wildman–Crippen MR) is 101 cm³/mol. The summed E-state index contributed by atoms with van der Waals surface area (Å²) in [6, 6.07) is 29.7. The lowest BCUT2D eigenvalue weighted by molar-refractivity contribution is 0.519. The van der Waals surface area contributed by atoms with Gasteiger partial charge in [-0.05, 0) is 17.7 Å². The van der Waals surface area contributed by atoms with Crippen LogP contribution in [0.25, 0.3) is 22.6 Å². The van der Waals surface area contributed by atoms with Gasteiger partial charge in [0.2, 0.25) is 0 Å². The zero-order valence-corrected chi connectivity index (χ0v) is 14.1. The lowest BCUT2D eigenvalue weighted by atomic mass is 10.1. The molecule has 0 amide bonds. The van der Waals surface area contributed by atoms with E-state index >= 15 is 0 Å². The van der Waals surface area contributed by atoms with E-state index in [1.54, 1.807) is 0 Å². The molecule has 0 aliphatic heterocycles. The number of hydrogen-bond acceptors (Lipinski definition) is 3. The molecule has 0 fully saturated rings. The minimum Gasteiger partial charge on any atom is -0.440 e. The number of hydrogen-bond donors (Lipinski definition) is 0. The van der Waals surface area contributed by atoms with E-state index in [4.69, 9.17) is 14.7 Å². The molecule has 0 aliphatic carbocycles. The quantitative estimate of drug-likeness (QED) is 0.496. The van der Waals surface area contributed by atoms with Gasteiger partial charge in [-0.15, -0.1) is 0 Å². The Bertz CT molecular complexity index is 986. The van der Waals surface area contributed by atoms with E-state index in [1.165, 1.54) is 0 Å². The first kappa shape index (κ1) is 15.9. The van der Waals surface area contributed by atoms with E-state index in [0.29, 0.717) is 17.9 Å². The van der Waals surface area contributed by atoms with Crippen LogP contribution in [0.15, 0.2) is 89.3 Å². The lowest BCUT2D eigenvalue weighted by Gasteiger charge is -2.00. The average Bonchev–Trinajstić information content (AvgIpc) is 3.14. The van der Waals surface area contributed by atoms with Crippen molar-refractivity contribution in [1.29, 1.82) is 5.26 Å². The SMILES string of the molecule is N#Cc1ccc(Cc2nc(-c3ccccc3)c(-c3ccccc3)o2)cc1.